The van der Waals surface area contributed by atoms with Crippen molar-refractivity contribution in [3.63, 3.8) is 0 Å². The van der Waals surface area contributed by atoms with Gasteiger partial charge in [-0.1, -0.05) is 12.1 Å². The fraction of sp³-hybridized carbons (Fsp3) is 0.222. The second kappa shape index (κ2) is 7.76. The number of halogens is 1. The number of rotatable bonds is 2. The van der Waals surface area contributed by atoms with Gasteiger partial charge in [0.2, 0.25) is 0 Å². The standard InChI is InChI=1S/C8H10FN.CH2OS/c1-10-6-7-3-2-4-8(9)5-7;2-1-3/h2-5,10H,6H2,1H3;1H,(H,2,3). The summed E-state index contributed by atoms with van der Waals surface area (Å²) in [7, 11) is 1.84. The van der Waals surface area contributed by atoms with Crippen molar-refractivity contribution in [1.82, 2.24) is 5.32 Å². The van der Waals surface area contributed by atoms with Crippen LogP contribution in [0.15, 0.2) is 24.3 Å². The van der Waals surface area contributed by atoms with Crippen LogP contribution in [-0.2, 0) is 11.3 Å². The maximum atomic E-state index is 12.5. The lowest BCUT2D eigenvalue weighted by Gasteiger charge is -1.97. The summed E-state index contributed by atoms with van der Waals surface area (Å²) in [4.78, 5) is 8.67. The molecule has 13 heavy (non-hydrogen) atoms. The molecule has 72 valence electrons. The summed E-state index contributed by atoms with van der Waals surface area (Å²) >= 11 is 3.11. The molecular formula is C9H12FNOS. The molecule has 0 saturated heterocycles. The van der Waals surface area contributed by atoms with Crippen molar-refractivity contribution in [3.8, 4) is 0 Å². The summed E-state index contributed by atoms with van der Waals surface area (Å²) in [6, 6.07) is 6.57. The third-order valence-corrected chi connectivity index (χ3v) is 1.27. The van der Waals surface area contributed by atoms with Crippen LogP contribution < -0.4 is 5.32 Å². The van der Waals surface area contributed by atoms with Gasteiger partial charge in [0.25, 0.3) is 0 Å². The summed E-state index contributed by atoms with van der Waals surface area (Å²) in [6.07, 6.45) is 0. The van der Waals surface area contributed by atoms with E-state index in [9.17, 15) is 4.39 Å². The zero-order valence-corrected chi connectivity index (χ0v) is 8.22. The summed E-state index contributed by atoms with van der Waals surface area (Å²) in [5.74, 6) is -0.173. The zero-order valence-electron chi connectivity index (χ0n) is 7.33. The maximum absolute atomic E-state index is 12.5. The molecule has 0 atom stereocenters. The molecular weight excluding hydrogens is 189 g/mol. The molecule has 0 amide bonds. The highest BCUT2D eigenvalue weighted by Gasteiger charge is 1.91. The van der Waals surface area contributed by atoms with E-state index in [1.807, 2.05) is 13.1 Å². The minimum absolute atomic E-state index is 0.173. The first-order chi connectivity index (χ1) is 6.24. The molecule has 0 heterocycles. The minimum atomic E-state index is -0.173. The second-order valence-electron chi connectivity index (χ2n) is 2.27. The van der Waals surface area contributed by atoms with Crippen LogP contribution in [0.2, 0.25) is 0 Å². The van der Waals surface area contributed by atoms with Gasteiger partial charge >= 0.3 is 0 Å². The number of benzene rings is 1. The number of carbonyl (C=O) groups excluding carboxylic acids is 1. The summed E-state index contributed by atoms with van der Waals surface area (Å²) in [5, 5.41) is 2.94. The first kappa shape index (κ1) is 12.1. The third kappa shape index (κ3) is 6.31. The van der Waals surface area contributed by atoms with Crippen LogP contribution in [0.4, 0.5) is 4.39 Å². The lowest BCUT2D eigenvalue weighted by Crippen LogP contribution is -2.04. The highest BCUT2D eigenvalue weighted by atomic mass is 32.1. The molecule has 0 unspecified atom stereocenters. The average Bonchev–Trinajstić information content (AvgIpc) is 2.06. The molecule has 1 N–H and O–H groups in total. The zero-order chi connectivity index (χ0) is 10.1. The largest absolute Gasteiger partial charge is 0.316 e. The van der Waals surface area contributed by atoms with Crippen molar-refractivity contribution in [2.24, 2.45) is 0 Å². The van der Waals surface area contributed by atoms with Crippen LogP contribution in [-0.4, -0.2) is 12.7 Å². The first-order valence-electron chi connectivity index (χ1n) is 3.71. The van der Waals surface area contributed by atoms with Gasteiger partial charge < -0.3 is 5.32 Å². The molecule has 2 nitrogen and oxygen atoms in total. The second-order valence-corrected chi connectivity index (χ2v) is 2.48. The quantitative estimate of drug-likeness (QED) is 0.563. The summed E-state index contributed by atoms with van der Waals surface area (Å²) in [5.41, 5.74) is 1.42. The minimum Gasteiger partial charge on any atom is -0.316 e. The van der Waals surface area contributed by atoms with Crippen molar-refractivity contribution in [2.75, 3.05) is 7.05 Å². The Morgan fingerprint density at radius 3 is 2.69 bits per heavy atom. The number of thiol groups is 1. The van der Waals surface area contributed by atoms with Crippen molar-refractivity contribution >= 4 is 18.2 Å². The van der Waals surface area contributed by atoms with Gasteiger partial charge in [-0.25, -0.2) is 4.39 Å². The molecule has 1 aromatic carbocycles. The SMILES string of the molecule is CNCc1cccc(F)c1.O=CS. The first-order valence-corrected chi connectivity index (χ1v) is 4.23. The van der Waals surface area contributed by atoms with Crippen LogP contribution in [0.3, 0.4) is 0 Å². The van der Waals surface area contributed by atoms with Gasteiger partial charge in [0, 0.05) is 6.54 Å². The van der Waals surface area contributed by atoms with E-state index < -0.39 is 0 Å². The number of hydrogen-bond donors (Lipinski definition) is 2. The number of hydrogen-bond acceptors (Lipinski definition) is 2. The maximum Gasteiger partial charge on any atom is 0.173 e. The Bertz CT molecular complexity index is 255. The molecule has 0 aliphatic rings. The molecule has 0 spiro atoms. The number of carbonyl (C=O) groups is 1. The van der Waals surface area contributed by atoms with Gasteiger partial charge in [0.05, 0.1) is 0 Å². The fourth-order valence-corrected chi connectivity index (χ4v) is 0.851. The van der Waals surface area contributed by atoms with Crippen LogP contribution >= 0.6 is 12.6 Å². The number of nitrogens with one attached hydrogen (secondary N) is 1. The lowest BCUT2D eigenvalue weighted by molar-refractivity contribution is 0.570. The van der Waals surface area contributed by atoms with Crippen molar-refractivity contribution < 1.29 is 9.18 Å². The normalized spacial score (nSPS) is 8.54. The van der Waals surface area contributed by atoms with Gasteiger partial charge in [-0.15, -0.1) is 12.6 Å². The van der Waals surface area contributed by atoms with Crippen molar-refractivity contribution in [3.05, 3.63) is 35.6 Å². The predicted octanol–water partition coefficient (Wildman–Crippen LogP) is 1.65. The highest BCUT2D eigenvalue weighted by molar-refractivity contribution is 7.94. The van der Waals surface area contributed by atoms with E-state index in [-0.39, 0.29) is 5.82 Å². The van der Waals surface area contributed by atoms with Crippen LogP contribution in [0.25, 0.3) is 0 Å². The third-order valence-electron chi connectivity index (χ3n) is 1.27. The smallest absolute Gasteiger partial charge is 0.173 e. The van der Waals surface area contributed by atoms with Gasteiger partial charge in [-0.2, -0.15) is 0 Å². The monoisotopic (exact) mass is 201 g/mol. The van der Waals surface area contributed by atoms with E-state index >= 15 is 0 Å². The highest BCUT2D eigenvalue weighted by Crippen LogP contribution is 2.01. The van der Waals surface area contributed by atoms with Gasteiger partial charge in [0.15, 0.2) is 5.62 Å². The van der Waals surface area contributed by atoms with Crippen molar-refractivity contribution in [2.45, 2.75) is 6.54 Å². The Kier molecular flexibility index (Phi) is 7.24. The van der Waals surface area contributed by atoms with E-state index in [0.717, 1.165) is 12.1 Å². The van der Waals surface area contributed by atoms with E-state index in [2.05, 4.69) is 17.9 Å². The molecule has 0 aromatic heterocycles. The molecule has 0 aliphatic carbocycles. The topological polar surface area (TPSA) is 29.1 Å². The molecule has 0 radical (unpaired) electrons. The Balaban J connectivity index is 0.000000424. The Labute approximate surface area is 82.6 Å². The molecule has 0 bridgehead atoms. The van der Waals surface area contributed by atoms with Crippen LogP contribution in [0, 0.1) is 5.82 Å². The molecule has 0 aliphatic heterocycles. The molecule has 1 aromatic rings. The van der Waals surface area contributed by atoms with E-state index in [1.54, 1.807) is 6.07 Å². The van der Waals surface area contributed by atoms with Gasteiger partial charge in [-0.3, -0.25) is 4.79 Å². The Morgan fingerprint density at radius 1 is 1.62 bits per heavy atom. The van der Waals surface area contributed by atoms with Crippen molar-refractivity contribution in [1.29, 1.82) is 0 Å². The molecule has 4 heteroatoms. The average molecular weight is 201 g/mol. The van der Waals surface area contributed by atoms with E-state index in [1.165, 1.54) is 12.1 Å². The molecule has 0 fully saturated rings. The molecule has 0 saturated carbocycles. The summed E-state index contributed by atoms with van der Waals surface area (Å²) < 4.78 is 12.5. The van der Waals surface area contributed by atoms with Crippen LogP contribution in [0.1, 0.15) is 5.56 Å². The lowest BCUT2D eigenvalue weighted by atomic mass is 10.2. The van der Waals surface area contributed by atoms with E-state index in [4.69, 9.17) is 4.79 Å². The summed E-state index contributed by atoms with van der Waals surface area (Å²) in [6.45, 7) is 0.720. The Morgan fingerprint density at radius 2 is 2.23 bits per heavy atom. The predicted molar refractivity (Wildman–Crippen MR) is 54.9 cm³/mol. The van der Waals surface area contributed by atoms with Gasteiger partial charge in [-0.05, 0) is 24.7 Å². The molecule has 1 rings (SSSR count). The van der Waals surface area contributed by atoms with Gasteiger partial charge in [0.1, 0.15) is 5.82 Å². The van der Waals surface area contributed by atoms with E-state index in [0.29, 0.717) is 5.62 Å². The van der Waals surface area contributed by atoms with Crippen LogP contribution in [0.5, 0.6) is 0 Å². The fourth-order valence-electron chi connectivity index (χ4n) is 0.851. The Hall–Kier alpha value is -0.870.